The molecule has 0 saturated heterocycles. The van der Waals surface area contributed by atoms with E-state index in [4.69, 9.17) is 10.9 Å². The van der Waals surface area contributed by atoms with Gasteiger partial charge >= 0.3 is 0 Å². The lowest BCUT2D eigenvalue weighted by atomic mass is 10.1. The van der Waals surface area contributed by atoms with Gasteiger partial charge in [0.05, 0.1) is 5.56 Å². The summed E-state index contributed by atoms with van der Waals surface area (Å²) in [5.74, 6) is 0.888. The summed E-state index contributed by atoms with van der Waals surface area (Å²) in [6.45, 7) is 4.01. The third kappa shape index (κ3) is 3.30. The summed E-state index contributed by atoms with van der Waals surface area (Å²) in [7, 11) is 0. The van der Waals surface area contributed by atoms with Crippen LogP contribution in [0.3, 0.4) is 0 Å². The van der Waals surface area contributed by atoms with E-state index in [1.807, 2.05) is 31.2 Å². The predicted molar refractivity (Wildman–Crippen MR) is 82.2 cm³/mol. The van der Waals surface area contributed by atoms with Crippen LogP contribution < -0.4 is 5.73 Å². The number of thioether (sulfide) groups is 1. The lowest BCUT2D eigenvalue weighted by Gasteiger charge is -2.09. The molecule has 0 bridgehead atoms. The largest absolute Gasteiger partial charge is 0.409 e. The van der Waals surface area contributed by atoms with Crippen molar-refractivity contribution in [3.8, 4) is 0 Å². The van der Waals surface area contributed by atoms with Crippen molar-refractivity contribution >= 4 is 17.6 Å². The molecule has 104 valence electrons. The number of rotatable bonds is 4. The van der Waals surface area contributed by atoms with Crippen molar-refractivity contribution in [3.63, 3.8) is 0 Å². The van der Waals surface area contributed by atoms with Crippen LogP contribution in [0.5, 0.6) is 0 Å². The molecule has 0 amide bonds. The molecule has 0 aliphatic heterocycles. The third-order valence-electron chi connectivity index (χ3n) is 3.01. The fourth-order valence-corrected chi connectivity index (χ4v) is 2.96. The molecule has 1 heterocycles. The number of amidine groups is 1. The Morgan fingerprint density at radius 1 is 1.25 bits per heavy atom. The molecular weight excluding hydrogens is 270 g/mol. The van der Waals surface area contributed by atoms with E-state index in [1.54, 1.807) is 11.8 Å². The Morgan fingerprint density at radius 2 is 2.00 bits per heavy atom. The van der Waals surface area contributed by atoms with Gasteiger partial charge in [0.15, 0.2) is 5.84 Å². The van der Waals surface area contributed by atoms with Crippen LogP contribution >= 0.6 is 11.8 Å². The van der Waals surface area contributed by atoms with Gasteiger partial charge in [-0.2, -0.15) is 0 Å². The molecule has 0 radical (unpaired) electrons. The highest BCUT2D eigenvalue weighted by atomic mass is 32.2. The highest BCUT2D eigenvalue weighted by molar-refractivity contribution is 7.98. The van der Waals surface area contributed by atoms with Gasteiger partial charge in [0.25, 0.3) is 0 Å². The van der Waals surface area contributed by atoms with Crippen molar-refractivity contribution in [1.82, 2.24) is 4.98 Å². The molecule has 0 atom stereocenters. The van der Waals surface area contributed by atoms with Gasteiger partial charge in [-0.05, 0) is 37.1 Å². The fourth-order valence-electron chi connectivity index (χ4n) is 1.81. The van der Waals surface area contributed by atoms with Gasteiger partial charge in [-0.15, -0.1) is 11.8 Å². The SMILES string of the molecule is Cc1ccc(C(N)=NO)c(SCc2ccccc2C)n1. The molecule has 1 aromatic carbocycles. The van der Waals surface area contributed by atoms with E-state index in [9.17, 15) is 0 Å². The summed E-state index contributed by atoms with van der Waals surface area (Å²) in [5, 5.41) is 12.7. The molecule has 1 aromatic heterocycles. The molecular formula is C15H17N3OS. The average Bonchev–Trinajstić information content (AvgIpc) is 2.46. The van der Waals surface area contributed by atoms with Crippen molar-refractivity contribution in [2.24, 2.45) is 10.9 Å². The number of hydrogen-bond acceptors (Lipinski definition) is 4. The molecule has 0 saturated carbocycles. The maximum absolute atomic E-state index is 8.84. The Balaban J connectivity index is 2.25. The van der Waals surface area contributed by atoms with Crippen LogP contribution in [0.15, 0.2) is 46.6 Å². The normalized spacial score (nSPS) is 11.6. The second-order valence-corrected chi connectivity index (χ2v) is 5.47. The Labute approximate surface area is 122 Å². The van der Waals surface area contributed by atoms with Gasteiger partial charge in [0, 0.05) is 11.4 Å². The number of nitrogens with zero attached hydrogens (tertiary/aromatic N) is 2. The lowest BCUT2D eigenvalue weighted by Crippen LogP contribution is -2.15. The molecule has 3 N–H and O–H groups in total. The van der Waals surface area contributed by atoms with Gasteiger partial charge in [0.2, 0.25) is 0 Å². The number of aromatic nitrogens is 1. The second kappa shape index (κ2) is 6.43. The van der Waals surface area contributed by atoms with E-state index in [0.29, 0.717) is 5.56 Å². The Hall–Kier alpha value is -2.01. The minimum Gasteiger partial charge on any atom is -0.409 e. The van der Waals surface area contributed by atoms with Crippen molar-refractivity contribution in [1.29, 1.82) is 0 Å². The Morgan fingerprint density at radius 3 is 2.70 bits per heavy atom. The molecule has 0 unspecified atom stereocenters. The maximum Gasteiger partial charge on any atom is 0.172 e. The summed E-state index contributed by atoms with van der Waals surface area (Å²) >= 11 is 1.59. The van der Waals surface area contributed by atoms with Crippen LogP contribution in [0, 0.1) is 13.8 Å². The fraction of sp³-hybridized carbons (Fsp3) is 0.200. The van der Waals surface area contributed by atoms with Crippen molar-refractivity contribution < 1.29 is 5.21 Å². The lowest BCUT2D eigenvalue weighted by molar-refractivity contribution is 0.318. The Bertz CT molecular complexity index is 641. The van der Waals surface area contributed by atoms with E-state index in [2.05, 4.69) is 29.2 Å². The molecule has 0 aliphatic rings. The quantitative estimate of drug-likeness (QED) is 0.298. The van der Waals surface area contributed by atoms with Crippen LogP contribution in [0.2, 0.25) is 0 Å². The number of oxime groups is 1. The van der Waals surface area contributed by atoms with Crippen LogP contribution in [0.25, 0.3) is 0 Å². The highest BCUT2D eigenvalue weighted by Crippen LogP contribution is 2.26. The van der Waals surface area contributed by atoms with Crippen molar-refractivity contribution in [2.45, 2.75) is 24.6 Å². The molecule has 2 rings (SSSR count). The van der Waals surface area contributed by atoms with E-state index >= 15 is 0 Å². The zero-order valence-electron chi connectivity index (χ0n) is 11.5. The summed E-state index contributed by atoms with van der Waals surface area (Å²) in [6.07, 6.45) is 0. The summed E-state index contributed by atoms with van der Waals surface area (Å²) in [4.78, 5) is 4.48. The molecule has 20 heavy (non-hydrogen) atoms. The van der Waals surface area contributed by atoms with Gasteiger partial charge in [-0.25, -0.2) is 4.98 Å². The number of aryl methyl sites for hydroxylation is 2. The third-order valence-corrected chi connectivity index (χ3v) is 4.05. The van der Waals surface area contributed by atoms with Crippen LogP contribution in [0.1, 0.15) is 22.4 Å². The number of pyridine rings is 1. The van der Waals surface area contributed by atoms with Crippen molar-refractivity contribution in [2.75, 3.05) is 0 Å². The van der Waals surface area contributed by atoms with Gasteiger partial charge in [-0.3, -0.25) is 0 Å². The molecule has 0 aliphatic carbocycles. The highest BCUT2D eigenvalue weighted by Gasteiger charge is 2.10. The van der Waals surface area contributed by atoms with Gasteiger partial charge in [-0.1, -0.05) is 29.4 Å². The first kappa shape index (κ1) is 14.4. The summed E-state index contributed by atoms with van der Waals surface area (Å²) in [5.41, 5.74) is 9.77. The van der Waals surface area contributed by atoms with Crippen LogP contribution in [-0.4, -0.2) is 16.0 Å². The molecule has 5 heteroatoms. The maximum atomic E-state index is 8.84. The van der Waals surface area contributed by atoms with Crippen molar-refractivity contribution in [3.05, 3.63) is 58.8 Å². The minimum atomic E-state index is 0.0878. The predicted octanol–water partition coefficient (Wildman–Crippen LogP) is 3.09. The number of benzene rings is 1. The zero-order chi connectivity index (χ0) is 14.5. The summed E-state index contributed by atoms with van der Waals surface area (Å²) < 4.78 is 0. The van der Waals surface area contributed by atoms with E-state index in [-0.39, 0.29) is 5.84 Å². The van der Waals surface area contributed by atoms with Crippen LogP contribution in [0.4, 0.5) is 0 Å². The number of nitrogens with two attached hydrogens (primary N) is 1. The first-order valence-electron chi connectivity index (χ1n) is 6.24. The van der Waals surface area contributed by atoms with E-state index in [1.165, 1.54) is 11.1 Å². The average molecular weight is 287 g/mol. The molecule has 2 aromatic rings. The topological polar surface area (TPSA) is 71.5 Å². The first-order valence-corrected chi connectivity index (χ1v) is 7.23. The smallest absolute Gasteiger partial charge is 0.172 e. The minimum absolute atomic E-state index is 0.0878. The second-order valence-electron chi connectivity index (χ2n) is 4.51. The van der Waals surface area contributed by atoms with Crippen LogP contribution in [-0.2, 0) is 5.75 Å². The Kier molecular flexibility index (Phi) is 4.63. The zero-order valence-corrected chi connectivity index (χ0v) is 12.3. The molecule has 0 fully saturated rings. The monoisotopic (exact) mass is 287 g/mol. The first-order chi connectivity index (χ1) is 9.61. The molecule has 4 nitrogen and oxygen atoms in total. The number of hydrogen-bond donors (Lipinski definition) is 2. The van der Waals surface area contributed by atoms with Gasteiger partial charge in [0.1, 0.15) is 5.03 Å². The van der Waals surface area contributed by atoms with E-state index < -0.39 is 0 Å². The standard InChI is InChI=1S/C15H17N3OS/c1-10-5-3-4-6-12(10)9-20-15-13(14(16)18-19)8-7-11(2)17-15/h3-8,19H,9H2,1-2H3,(H2,16,18). The van der Waals surface area contributed by atoms with Gasteiger partial charge < -0.3 is 10.9 Å². The molecule has 0 spiro atoms. The van der Waals surface area contributed by atoms with E-state index in [0.717, 1.165) is 16.5 Å². The summed E-state index contributed by atoms with van der Waals surface area (Å²) in [6, 6.07) is 11.9.